The van der Waals surface area contributed by atoms with Crippen molar-refractivity contribution >= 4 is 29.1 Å². The van der Waals surface area contributed by atoms with Crippen LogP contribution in [-0.2, 0) is 17.8 Å². The molecule has 0 spiro atoms. The van der Waals surface area contributed by atoms with Gasteiger partial charge in [-0.1, -0.05) is 0 Å². The SMILES string of the molecule is CC(=O)Nc1ccc(NC(=O)c2nc(C(=O)NC(C)(C)C)c3n2CCCC3)cc1. The first-order valence-electron chi connectivity index (χ1n) is 9.75. The van der Waals surface area contributed by atoms with Gasteiger partial charge in [-0.15, -0.1) is 0 Å². The van der Waals surface area contributed by atoms with Gasteiger partial charge in [0.1, 0.15) is 5.69 Å². The zero-order valence-corrected chi connectivity index (χ0v) is 17.3. The third kappa shape index (κ3) is 5.01. The van der Waals surface area contributed by atoms with Crippen LogP contribution in [0.15, 0.2) is 24.3 Å². The third-order valence-electron chi connectivity index (χ3n) is 4.49. The fourth-order valence-electron chi connectivity index (χ4n) is 3.33. The van der Waals surface area contributed by atoms with Crippen LogP contribution in [0.2, 0.25) is 0 Å². The Bertz CT molecular complexity index is 938. The first-order chi connectivity index (χ1) is 13.6. The van der Waals surface area contributed by atoms with Gasteiger partial charge in [0.25, 0.3) is 11.8 Å². The third-order valence-corrected chi connectivity index (χ3v) is 4.49. The van der Waals surface area contributed by atoms with Gasteiger partial charge in [0.15, 0.2) is 5.82 Å². The summed E-state index contributed by atoms with van der Waals surface area (Å²) in [5.41, 5.74) is 1.98. The lowest BCUT2D eigenvalue weighted by Crippen LogP contribution is -2.41. The van der Waals surface area contributed by atoms with E-state index in [0.29, 0.717) is 23.6 Å². The number of amides is 3. The molecule has 8 heteroatoms. The molecular weight excluding hydrogens is 370 g/mol. The molecule has 3 N–H and O–H groups in total. The largest absolute Gasteiger partial charge is 0.346 e. The molecule has 3 rings (SSSR count). The molecule has 1 aliphatic heterocycles. The second kappa shape index (κ2) is 8.06. The van der Waals surface area contributed by atoms with Gasteiger partial charge < -0.3 is 20.5 Å². The molecule has 154 valence electrons. The molecule has 1 aromatic heterocycles. The van der Waals surface area contributed by atoms with Gasteiger partial charge in [0.2, 0.25) is 5.91 Å². The number of carbonyl (C=O) groups excluding carboxylic acids is 3. The number of benzene rings is 1. The van der Waals surface area contributed by atoms with E-state index < -0.39 is 0 Å². The van der Waals surface area contributed by atoms with E-state index in [1.54, 1.807) is 24.3 Å². The molecule has 29 heavy (non-hydrogen) atoms. The highest BCUT2D eigenvalue weighted by atomic mass is 16.2. The van der Waals surface area contributed by atoms with E-state index in [1.807, 2.05) is 25.3 Å². The van der Waals surface area contributed by atoms with E-state index in [2.05, 4.69) is 20.9 Å². The number of fused-ring (bicyclic) bond motifs is 1. The predicted molar refractivity (Wildman–Crippen MR) is 111 cm³/mol. The highest BCUT2D eigenvalue weighted by Gasteiger charge is 2.29. The van der Waals surface area contributed by atoms with Gasteiger partial charge in [-0.2, -0.15) is 0 Å². The lowest BCUT2D eigenvalue weighted by molar-refractivity contribution is -0.114. The van der Waals surface area contributed by atoms with Crippen molar-refractivity contribution < 1.29 is 14.4 Å². The molecule has 8 nitrogen and oxygen atoms in total. The van der Waals surface area contributed by atoms with Crippen molar-refractivity contribution in [3.8, 4) is 0 Å². The molecule has 0 saturated heterocycles. The van der Waals surface area contributed by atoms with Gasteiger partial charge in [-0.3, -0.25) is 14.4 Å². The van der Waals surface area contributed by atoms with Crippen LogP contribution in [0, 0.1) is 0 Å². The standard InChI is InChI=1S/C21H27N5O3/c1-13(27)22-14-8-10-15(11-9-14)23-20(29)18-24-17(19(28)25-21(2,3)4)16-7-5-6-12-26(16)18/h8-11H,5-7,12H2,1-4H3,(H,22,27)(H,23,29)(H,25,28). The number of carbonyl (C=O) groups is 3. The number of nitrogens with zero attached hydrogens (tertiary/aromatic N) is 2. The Morgan fingerprint density at radius 3 is 2.17 bits per heavy atom. The maximum absolute atomic E-state index is 12.9. The quantitative estimate of drug-likeness (QED) is 0.737. The maximum Gasteiger partial charge on any atom is 0.291 e. The Balaban J connectivity index is 1.83. The first-order valence-corrected chi connectivity index (χ1v) is 9.75. The molecule has 0 unspecified atom stereocenters. The molecule has 0 saturated carbocycles. The van der Waals surface area contributed by atoms with Crippen LogP contribution in [0.25, 0.3) is 0 Å². The molecular formula is C21H27N5O3. The first kappa shape index (κ1) is 20.6. The summed E-state index contributed by atoms with van der Waals surface area (Å²) >= 11 is 0. The molecule has 2 heterocycles. The molecule has 0 fully saturated rings. The Labute approximate surface area is 170 Å². The molecule has 0 aliphatic carbocycles. The maximum atomic E-state index is 12.9. The van der Waals surface area contributed by atoms with Crippen LogP contribution in [-0.4, -0.2) is 32.8 Å². The minimum atomic E-state index is -0.389. The van der Waals surface area contributed by atoms with Crippen LogP contribution < -0.4 is 16.0 Å². The van der Waals surface area contributed by atoms with Crippen molar-refractivity contribution in [3.63, 3.8) is 0 Å². The molecule has 0 radical (unpaired) electrons. The van der Waals surface area contributed by atoms with E-state index in [4.69, 9.17) is 0 Å². The van der Waals surface area contributed by atoms with Crippen LogP contribution in [0.4, 0.5) is 11.4 Å². The Morgan fingerprint density at radius 2 is 1.59 bits per heavy atom. The number of aromatic nitrogens is 2. The summed E-state index contributed by atoms with van der Waals surface area (Å²) < 4.78 is 1.85. The number of hydrogen-bond donors (Lipinski definition) is 3. The Hall–Kier alpha value is -3.16. The average Bonchev–Trinajstić information content (AvgIpc) is 3.01. The summed E-state index contributed by atoms with van der Waals surface area (Å²) in [5, 5.41) is 8.43. The number of anilines is 2. The van der Waals surface area contributed by atoms with Crippen molar-refractivity contribution in [1.29, 1.82) is 0 Å². The Kier molecular flexibility index (Phi) is 5.72. The van der Waals surface area contributed by atoms with Gasteiger partial charge in [-0.25, -0.2) is 4.98 Å². The minimum absolute atomic E-state index is 0.160. The summed E-state index contributed by atoms with van der Waals surface area (Å²) in [6.45, 7) is 7.82. The average molecular weight is 397 g/mol. The molecule has 0 bridgehead atoms. The molecule has 1 aliphatic rings. The predicted octanol–water partition coefficient (Wildman–Crippen LogP) is 2.96. The molecule has 3 amide bonds. The highest BCUT2D eigenvalue weighted by molar-refractivity contribution is 6.04. The van der Waals surface area contributed by atoms with E-state index in [0.717, 1.165) is 25.0 Å². The summed E-state index contributed by atoms with van der Waals surface area (Å²) in [5.74, 6) is -0.548. The lowest BCUT2D eigenvalue weighted by atomic mass is 10.1. The van der Waals surface area contributed by atoms with Crippen molar-refractivity contribution in [1.82, 2.24) is 14.9 Å². The number of nitrogens with one attached hydrogen (secondary N) is 3. The molecule has 0 atom stereocenters. The summed E-state index contributed by atoms with van der Waals surface area (Å²) in [7, 11) is 0. The summed E-state index contributed by atoms with van der Waals surface area (Å²) in [6, 6.07) is 6.83. The van der Waals surface area contributed by atoms with E-state index in [9.17, 15) is 14.4 Å². The zero-order valence-electron chi connectivity index (χ0n) is 17.3. The van der Waals surface area contributed by atoms with Crippen molar-refractivity contribution in [3.05, 3.63) is 41.5 Å². The Morgan fingerprint density at radius 1 is 0.966 bits per heavy atom. The van der Waals surface area contributed by atoms with Gasteiger partial charge >= 0.3 is 0 Å². The smallest absolute Gasteiger partial charge is 0.291 e. The van der Waals surface area contributed by atoms with E-state index >= 15 is 0 Å². The molecule has 2 aromatic rings. The van der Waals surface area contributed by atoms with Crippen LogP contribution in [0.3, 0.4) is 0 Å². The highest BCUT2D eigenvalue weighted by Crippen LogP contribution is 2.23. The number of hydrogen-bond acceptors (Lipinski definition) is 4. The van der Waals surface area contributed by atoms with Crippen molar-refractivity contribution in [2.45, 2.75) is 59.0 Å². The van der Waals surface area contributed by atoms with Crippen LogP contribution >= 0.6 is 0 Å². The fraction of sp³-hybridized carbons (Fsp3) is 0.429. The number of imidazole rings is 1. The van der Waals surface area contributed by atoms with Crippen LogP contribution in [0.5, 0.6) is 0 Å². The number of rotatable bonds is 4. The minimum Gasteiger partial charge on any atom is -0.346 e. The van der Waals surface area contributed by atoms with E-state index in [-0.39, 0.29) is 29.1 Å². The second-order valence-electron chi connectivity index (χ2n) is 8.26. The second-order valence-corrected chi connectivity index (χ2v) is 8.26. The summed E-state index contributed by atoms with van der Waals surface area (Å²) in [4.78, 5) is 41.1. The normalized spacial score (nSPS) is 13.4. The van der Waals surface area contributed by atoms with Crippen LogP contribution in [0.1, 0.15) is 67.3 Å². The summed E-state index contributed by atoms with van der Waals surface area (Å²) in [6.07, 6.45) is 2.63. The van der Waals surface area contributed by atoms with Gasteiger partial charge in [-0.05, 0) is 64.3 Å². The van der Waals surface area contributed by atoms with Crippen molar-refractivity contribution in [2.75, 3.05) is 10.6 Å². The van der Waals surface area contributed by atoms with E-state index in [1.165, 1.54) is 6.92 Å². The fourth-order valence-corrected chi connectivity index (χ4v) is 3.33. The van der Waals surface area contributed by atoms with Crippen molar-refractivity contribution in [2.24, 2.45) is 0 Å². The zero-order chi connectivity index (χ0) is 21.2. The van der Waals surface area contributed by atoms with Gasteiger partial charge in [0, 0.05) is 30.4 Å². The lowest BCUT2D eigenvalue weighted by Gasteiger charge is -2.21. The molecule has 1 aromatic carbocycles. The van der Waals surface area contributed by atoms with Gasteiger partial charge in [0.05, 0.1) is 5.69 Å². The topological polar surface area (TPSA) is 105 Å². The monoisotopic (exact) mass is 397 g/mol.